The molecule has 0 saturated carbocycles. The van der Waals surface area contributed by atoms with Gasteiger partial charge in [0.1, 0.15) is 5.75 Å². The smallest absolute Gasteiger partial charge is 0.323 e. The number of halogens is 3. The summed E-state index contributed by atoms with van der Waals surface area (Å²) < 4.78 is 5.41. The van der Waals surface area contributed by atoms with Gasteiger partial charge in [0.15, 0.2) is 0 Å². The number of carbonyl (C=O) groups excluding carboxylic acids is 1. The van der Waals surface area contributed by atoms with E-state index >= 15 is 0 Å². The molecule has 0 aliphatic rings. The van der Waals surface area contributed by atoms with Gasteiger partial charge in [-0.15, -0.1) is 0 Å². The molecule has 9 heteroatoms. The van der Waals surface area contributed by atoms with Crippen LogP contribution >= 0.6 is 34.8 Å². The molecule has 0 saturated heterocycles. The fourth-order valence-electron chi connectivity index (χ4n) is 2.50. The van der Waals surface area contributed by atoms with Crippen LogP contribution in [0, 0.1) is 0 Å². The Hall–Kier alpha value is -2.41. The first-order valence-corrected chi connectivity index (χ1v) is 9.18. The summed E-state index contributed by atoms with van der Waals surface area (Å²) in [7, 11) is 3.26. The van der Waals surface area contributed by atoms with E-state index < -0.39 is 6.03 Å². The van der Waals surface area contributed by atoms with Gasteiger partial charge in [0.05, 0.1) is 23.5 Å². The zero-order valence-corrected chi connectivity index (χ0v) is 17.8. The molecule has 148 valence electrons. The molecule has 0 spiro atoms. The molecule has 2 rings (SSSR count). The Kier molecular flexibility index (Phi) is 7.57. The largest absolute Gasteiger partial charge is 0.496 e. The molecule has 2 aromatic carbocycles. The lowest BCUT2D eigenvalue weighted by Crippen LogP contribution is -2.20. The number of nitrogens with one attached hydrogen (secondary N) is 2. The number of nitrogens with zero attached hydrogens (tertiary/aromatic N) is 2. The number of amides is 2. The van der Waals surface area contributed by atoms with E-state index in [2.05, 4.69) is 22.5 Å². The molecule has 2 N–H and O–H groups in total. The van der Waals surface area contributed by atoms with E-state index in [-0.39, 0.29) is 0 Å². The highest BCUT2D eigenvalue weighted by Crippen LogP contribution is 2.34. The Morgan fingerprint density at radius 2 is 1.89 bits per heavy atom. The van der Waals surface area contributed by atoms with Crippen LogP contribution in [0.15, 0.2) is 46.5 Å². The van der Waals surface area contributed by atoms with Gasteiger partial charge in [-0.05, 0) is 43.3 Å². The van der Waals surface area contributed by atoms with Crippen molar-refractivity contribution >= 4 is 64.6 Å². The average molecular weight is 442 g/mol. The monoisotopic (exact) mass is 440 g/mol. The fraction of sp³-hybridized carbons (Fsp3) is 0.158. The van der Waals surface area contributed by atoms with E-state index in [1.807, 2.05) is 0 Å². The maximum atomic E-state index is 12.4. The lowest BCUT2D eigenvalue weighted by Gasteiger charge is -2.21. The Bertz CT molecular complexity index is 927. The molecule has 2 aromatic rings. The lowest BCUT2D eigenvalue weighted by atomic mass is 10.1. The molecule has 0 radical (unpaired) electrons. The zero-order chi connectivity index (χ0) is 20.8. The van der Waals surface area contributed by atoms with Gasteiger partial charge in [-0.25, -0.2) is 4.79 Å². The minimum atomic E-state index is -0.469. The van der Waals surface area contributed by atoms with E-state index in [1.165, 1.54) is 5.01 Å². The summed E-state index contributed by atoms with van der Waals surface area (Å²) in [6.45, 7) is 5.25. The minimum Gasteiger partial charge on any atom is -0.496 e. The van der Waals surface area contributed by atoms with Crippen molar-refractivity contribution in [2.24, 2.45) is 5.10 Å². The second-order valence-corrected chi connectivity index (χ2v) is 7.08. The third-order valence-corrected chi connectivity index (χ3v) is 4.48. The molecule has 0 aromatic heterocycles. The third kappa shape index (κ3) is 5.32. The quantitative estimate of drug-likeness (QED) is 0.419. The molecule has 0 heterocycles. The molecule has 28 heavy (non-hydrogen) atoms. The number of anilines is 2. The predicted octanol–water partition coefficient (Wildman–Crippen LogP) is 6.12. The van der Waals surface area contributed by atoms with Crippen molar-refractivity contribution < 1.29 is 9.53 Å². The molecule has 0 fully saturated rings. The highest BCUT2D eigenvalue weighted by molar-refractivity contribution is 6.36. The van der Waals surface area contributed by atoms with Crippen molar-refractivity contribution in [2.45, 2.75) is 6.92 Å². The number of urea groups is 1. The zero-order valence-electron chi connectivity index (χ0n) is 15.5. The number of hydrogen-bond donors (Lipinski definition) is 2. The van der Waals surface area contributed by atoms with Crippen molar-refractivity contribution in [2.75, 3.05) is 24.8 Å². The van der Waals surface area contributed by atoms with E-state index in [1.54, 1.807) is 57.5 Å². The van der Waals surface area contributed by atoms with Crippen LogP contribution in [-0.4, -0.2) is 31.9 Å². The topological polar surface area (TPSA) is 66.0 Å². The van der Waals surface area contributed by atoms with Gasteiger partial charge in [-0.3, -0.25) is 5.01 Å². The predicted molar refractivity (Wildman–Crippen MR) is 118 cm³/mol. The average Bonchev–Trinajstić information content (AvgIpc) is 2.64. The van der Waals surface area contributed by atoms with Gasteiger partial charge in [-0.2, -0.15) is 5.10 Å². The van der Waals surface area contributed by atoms with Crippen molar-refractivity contribution in [3.63, 3.8) is 0 Å². The molecular weight excluding hydrogens is 423 g/mol. The van der Waals surface area contributed by atoms with Gasteiger partial charge in [-0.1, -0.05) is 34.8 Å². The molecule has 0 aliphatic heterocycles. The number of carbonyl (C=O) groups is 1. The number of hydrogen-bond acceptors (Lipinski definition) is 4. The fourth-order valence-corrected chi connectivity index (χ4v) is 3.18. The maximum absolute atomic E-state index is 12.4. The number of rotatable bonds is 6. The Morgan fingerprint density at radius 1 is 1.18 bits per heavy atom. The SMILES string of the molecule is C=NN(C)/C(=C(\C)Cl)c1cc(NC(=O)Nc2ccc(Cl)cc2Cl)ccc1OC. The highest BCUT2D eigenvalue weighted by Gasteiger charge is 2.17. The van der Waals surface area contributed by atoms with Crippen LogP contribution < -0.4 is 15.4 Å². The van der Waals surface area contributed by atoms with Crippen molar-refractivity contribution in [3.05, 3.63) is 57.0 Å². The molecule has 0 aliphatic carbocycles. The third-order valence-electron chi connectivity index (χ3n) is 3.75. The minimum absolute atomic E-state index is 0.333. The summed E-state index contributed by atoms with van der Waals surface area (Å²) >= 11 is 18.2. The molecule has 0 bridgehead atoms. The first-order chi connectivity index (χ1) is 13.3. The van der Waals surface area contributed by atoms with Crippen LogP contribution in [0.1, 0.15) is 12.5 Å². The second-order valence-electron chi connectivity index (χ2n) is 5.67. The molecule has 6 nitrogen and oxygen atoms in total. The van der Waals surface area contributed by atoms with Crippen LogP contribution in [0.25, 0.3) is 5.70 Å². The highest BCUT2D eigenvalue weighted by atomic mass is 35.5. The Morgan fingerprint density at radius 3 is 2.46 bits per heavy atom. The van der Waals surface area contributed by atoms with Gasteiger partial charge in [0.25, 0.3) is 0 Å². The Balaban J connectivity index is 2.30. The van der Waals surface area contributed by atoms with Crippen LogP contribution in [0.2, 0.25) is 10.0 Å². The number of benzene rings is 2. The second kappa shape index (κ2) is 9.68. The molecule has 0 atom stereocenters. The van der Waals surface area contributed by atoms with Gasteiger partial charge in [0, 0.05) is 35.1 Å². The summed E-state index contributed by atoms with van der Waals surface area (Å²) in [5, 5.41) is 12.1. The first kappa shape index (κ1) is 21.9. The lowest BCUT2D eigenvalue weighted by molar-refractivity contribution is 0.262. The molecular formula is C19H19Cl3N4O2. The van der Waals surface area contributed by atoms with E-state index in [0.29, 0.717) is 43.5 Å². The maximum Gasteiger partial charge on any atom is 0.323 e. The summed E-state index contributed by atoms with van der Waals surface area (Å²) in [4.78, 5) is 12.4. The van der Waals surface area contributed by atoms with Crippen LogP contribution in [-0.2, 0) is 0 Å². The van der Waals surface area contributed by atoms with Crippen LogP contribution in [0.5, 0.6) is 5.75 Å². The van der Waals surface area contributed by atoms with Gasteiger partial charge < -0.3 is 15.4 Å². The van der Waals surface area contributed by atoms with Gasteiger partial charge >= 0.3 is 6.03 Å². The van der Waals surface area contributed by atoms with E-state index in [0.717, 1.165) is 0 Å². The number of allylic oxidation sites excluding steroid dienone is 1. The Labute approximate surface area is 178 Å². The first-order valence-electron chi connectivity index (χ1n) is 8.05. The van der Waals surface area contributed by atoms with Crippen LogP contribution in [0.3, 0.4) is 0 Å². The van der Waals surface area contributed by atoms with Crippen LogP contribution in [0.4, 0.5) is 16.2 Å². The summed E-state index contributed by atoms with van der Waals surface area (Å²) in [6, 6.07) is 9.47. The molecule has 0 unspecified atom stereocenters. The van der Waals surface area contributed by atoms with E-state index in [9.17, 15) is 4.79 Å². The standard InChI is InChI=1S/C19H19Cl3N4O2/c1-11(20)18(26(3)23-2)14-10-13(6-8-17(14)28-4)24-19(27)25-16-7-5-12(21)9-15(16)22/h5-10H,2H2,1,3-4H3,(H2,24,25,27)/b18-11+. The van der Waals surface area contributed by atoms with Crippen molar-refractivity contribution in [1.82, 2.24) is 5.01 Å². The number of hydrazone groups is 1. The summed E-state index contributed by atoms with van der Waals surface area (Å²) in [6.07, 6.45) is 0. The summed E-state index contributed by atoms with van der Waals surface area (Å²) in [5.74, 6) is 0.567. The van der Waals surface area contributed by atoms with E-state index in [4.69, 9.17) is 39.5 Å². The van der Waals surface area contributed by atoms with Crippen molar-refractivity contribution in [1.29, 1.82) is 0 Å². The summed E-state index contributed by atoms with van der Waals surface area (Å²) in [5.41, 5.74) is 2.20. The number of methoxy groups -OCH3 is 1. The van der Waals surface area contributed by atoms with Gasteiger partial charge in [0.2, 0.25) is 0 Å². The van der Waals surface area contributed by atoms with Crippen molar-refractivity contribution in [3.8, 4) is 5.75 Å². The normalized spacial score (nSPS) is 11.4. The molecule has 2 amide bonds. The number of ether oxygens (including phenoxy) is 1.